The molecular formula is C28H26FN3O2S. The average Bonchev–Trinajstić information content (AvgIpc) is 3.25. The van der Waals surface area contributed by atoms with Crippen molar-refractivity contribution in [2.75, 3.05) is 31.1 Å². The molecule has 2 aliphatic rings. The van der Waals surface area contributed by atoms with Crippen LogP contribution < -0.4 is 9.64 Å². The molecule has 0 radical (unpaired) electrons. The van der Waals surface area contributed by atoms with Crippen LogP contribution >= 0.6 is 11.8 Å². The van der Waals surface area contributed by atoms with Gasteiger partial charge in [-0.25, -0.2) is 4.39 Å². The van der Waals surface area contributed by atoms with Crippen LogP contribution in [0.3, 0.4) is 0 Å². The molecule has 3 aromatic rings. The Balaban J connectivity index is 1.23. The molecule has 0 saturated carbocycles. The number of carbonyl (C=O) groups is 1. The van der Waals surface area contributed by atoms with E-state index in [-0.39, 0.29) is 11.7 Å². The molecule has 0 unspecified atom stereocenters. The molecule has 0 atom stereocenters. The van der Waals surface area contributed by atoms with E-state index >= 15 is 0 Å². The Hall–Kier alpha value is -3.58. The SMILES string of the molecule is Cc1ccc(COc2ccccc2C=C2SC(N3CCN(c4ccccc4F)CC3)=NC2=O)cc1. The summed E-state index contributed by atoms with van der Waals surface area (Å²) < 4.78 is 20.2. The number of hydrogen-bond acceptors (Lipinski definition) is 5. The van der Waals surface area contributed by atoms with Crippen LogP contribution in [0.5, 0.6) is 5.75 Å². The summed E-state index contributed by atoms with van der Waals surface area (Å²) in [7, 11) is 0. The van der Waals surface area contributed by atoms with Gasteiger partial charge in [-0.15, -0.1) is 0 Å². The molecule has 5 nitrogen and oxygen atoms in total. The van der Waals surface area contributed by atoms with Crippen LogP contribution in [-0.4, -0.2) is 42.2 Å². The van der Waals surface area contributed by atoms with Crippen LogP contribution in [0.15, 0.2) is 82.7 Å². The van der Waals surface area contributed by atoms with Crippen LogP contribution in [0.25, 0.3) is 6.08 Å². The molecule has 5 rings (SSSR count). The van der Waals surface area contributed by atoms with Crippen LogP contribution in [0.4, 0.5) is 10.1 Å². The zero-order chi connectivity index (χ0) is 24.2. The maximum absolute atomic E-state index is 14.1. The lowest BCUT2D eigenvalue weighted by Crippen LogP contribution is -2.48. The van der Waals surface area contributed by atoms with Gasteiger partial charge in [-0.1, -0.05) is 60.2 Å². The highest BCUT2D eigenvalue weighted by Gasteiger charge is 2.29. The first-order valence-electron chi connectivity index (χ1n) is 11.6. The average molecular weight is 488 g/mol. The topological polar surface area (TPSA) is 45.1 Å². The minimum Gasteiger partial charge on any atom is -0.488 e. The summed E-state index contributed by atoms with van der Waals surface area (Å²) in [6.07, 6.45) is 1.85. The van der Waals surface area contributed by atoms with Gasteiger partial charge in [0, 0.05) is 31.7 Å². The Kier molecular flexibility index (Phi) is 6.86. The summed E-state index contributed by atoms with van der Waals surface area (Å²) in [6.45, 7) is 5.21. The molecule has 7 heteroatoms. The van der Waals surface area contributed by atoms with Gasteiger partial charge in [0.15, 0.2) is 5.17 Å². The van der Waals surface area contributed by atoms with Crippen molar-refractivity contribution >= 4 is 34.6 Å². The molecular weight excluding hydrogens is 461 g/mol. The smallest absolute Gasteiger partial charge is 0.286 e. The van der Waals surface area contributed by atoms with Crippen molar-refractivity contribution in [1.82, 2.24) is 4.90 Å². The van der Waals surface area contributed by atoms with Gasteiger partial charge in [0.2, 0.25) is 0 Å². The lowest BCUT2D eigenvalue weighted by Gasteiger charge is -2.36. The van der Waals surface area contributed by atoms with Crippen molar-refractivity contribution in [1.29, 1.82) is 0 Å². The minimum absolute atomic E-state index is 0.211. The van der Waals surface area contributed by atoms with Gasteiger partial charge in [0.25, 0.3) is 5.91 Å². The third-order valence-electron chi connectivity index (χ3n) is 6.07. The number of ether oxygens (including phenoxy) is 1. The molecule has 0 aliphatic carbocycles. The van der Waals surface area contributed by atoms with E-state index in [9.17, 15) is 9.18 Å². The van der Waals surface area contributed by atoms with Crippen LogP contribution in [0.1, 0.15) is 16.7 Å². The van der Waals surface area contributed by atoms with Crippen LogP contribution in [0, 0.1) is 12.7 Å². The third kappa shape index (κ3) is 5.41. The third-order valence-corrected chi connectivity index (χ3v) is 7.12. The summed E-state index contributed by atoms with van der Waals surface area (Å²) >= 11 is 1.38. The summed E-state index contributed by atoms with van der Waals surface area (Å²) in [4.78, 5) is 21.7. The van der Waals surface area contributed by atoms with E-state index in [0.29, 0.717) is 48.5 Å². The van der Waals surface area contributed by atoms with Crippen molar-refractivity contribution in [3.63, 3.8) is 0 Å². The maximum atomic E-state index is 14.1. The van der Waals surface area contributed by atoms with E-state index in [1.165, 1.54) is 23.4 Å². The van der Waals surface area contributed by atoms with Gasteiger partial charge in [-0.05, 0) is 48.5 Å². The second-order valence-corrected chi connectivity index (χ2v) is 9.56. The summed E-state index contributed by atoms with van der Waals surface area (Å²) in [5.41, 5.74) is 3.76. The first-order valence-corrected chi connectivity index (χ1v) is 12.4. The van der Waals surface area contributed by atoms with E-state index in [1.807, 2.05) is 41.3 Å². The number of halogens is 1. The number of carbonyl (C=O) groups excluding carboxylic acids is 1. The van der Waals surface area contributed by atoms with E-state index in [0.717, 1.165) is 16.9 Å². The first kappa shape index (κ1) is 23.2. The number of amidine groups is 1. The minimum atomic E-state index is -0.241. The van der Waals surface area contributed by atoms with Crippen molar-refractivity contribution in [2.45, 2.75) is 13.5 Å². The Labute approximate surface area is 208 Å². The zero-order valence-electron chi connectivity index (χ0n) is 19.5. The van der Waals surface area contributed by atoms with Gasteiger partial charge in [-0.3, -0.25) is 4.79 Å². The highest BCUT2D eigenvalue weighted by molar-refractivity contribution is 8.18. The second-order valence-electron chi connectivity index (χ2n) is 8.55. The number of aryl methyl sites for hydroxylation is 1. The van der Waals surface area contributed by atoms with E-state index < -0.39 is 0 Å². The van der Waals surface area contributed by atoms with E-state index in [4.69, 9.17) is 4.74 Å². The fourth-order valence-electron chi connectivity index (χ4n) is 4.10. The molecule has 2 heterocycles. The lowest BCUT2D eigenvalue weighted by atomic mass is 10.1. The molecule has 1 fully saturated rings. The largest absolute Gasteiger partial charge is 0.488 e. The number of amides is 1. The summed E-state index contributed by atoms with van der Waals surface area (Å²) in [5, 5.41) is 0.701. The molecule has 1 amide bonds. The van der Waals surface area contributed by atoms with Gasteiger partial charge >= 0.3 is 0 Å². The normalized spacial score (nSPS) is 17.1. The van der Waals surface area contributed by atoms with Crippen molar-refractivity contribution < 1.29 is 13.9 Å². The molecule has 0 bridgehead atoms. The summed E-state index contributed by atoms with van der Waals surface area (Å²) in [5.74, 6) is 0.271. The lowest BCUT2D eigenvalue weighted by molar-refractivity contribution is -0.113. The first-order chi connectivity index (χ1) is 17.1. The van der Waals surface area contributed by atoms with Crippen molar-refractivity contribution in [3.05, 3.63) is 100 Å². The van der Waals surface area contributed by atoms with Gasteiger partial charge in [0.1, 0.15) is 18.2 Å². The Bertz CT molecular complexity index is 1280. The molecule has 1 saturated heterocycles. The molecule has 2 aliphatic heterocycles. The maximum Gasteiger partial charge on any atom is 0.286 e. The molecule has 178 valence electrons. The predicted octanol–water partition coefficient (Wildman–Crippen LogP) is 5.51. The molecule has 35 heavy (non-hydrogen) atoms. The summed E-state index contributed by atoms with van der Waals surface area (Å²) in [6, 6.07) is 22.8. The number of para-hydroxylation sites is 2. The van der Waals surface area contributed by atoms with Crippen LogP contribution in [0.2, 0.25) is 0 Å². The second kappa shape index (κ2) is 10.4. The number of anilines is 1. The molecule has 0 spiro atoms. The molecule has 0 aromatic heterocycles. The quantitative estimate of drug-likeness (QED) is 0.445. The number of thioether (sulfide) groups is 1. The highest BCUT2D eigenvalue weighted by Crippen LogP contribution is 2.33. The number of aliphatic imine (C=N–C) groups is 1. The van der Waals surface area contributed by atoms with Crippen molar-refractivity contribution in [2.24, 2.45) is 4.99 Å². The molecule has 3 aromatic carbocycles. The number of piperazine rings is 1. The van der Waals surface area contributed by atoms with Gasteiger partial charge in [0.05, 0.1) is 10.6 Å². The fourth-order valence-corrected chi connectivity index (χ4v) is 5.05. The predicted molar refractivity (Wildman–Crippen MR) is 140 cm³/mol. The van der Waals surface area contributed by atoms with Crippen LogP contribution in [-0.2, 0) is 11.4 Å². The van der Waals surface area contributed by atoms with E-state index in [1.54, 1.807) is 12.1 Å². The number of hydrogen-bond donors (Lipinski definition) is 0. The highest BCUT2D eigenvalue weighted by atomic mass is 32.2. The zero-order valence-corrected chi connectivity index (χ0v) is 20.3. The van der Waals surface area contributed by atoms with Gasteiger partial charge in [-0.2, -0.15) is 4.99 Å². The number of nitrogens with zero attached hydrogens (tertiary/aromatic N) is 3. The Morgan fingerprint density at radius 1 is 0.943 bits per heavy atom. The molecule has 0 N–H and O–H groups in total. The Morgan fingerprint density at radius 2 is 1.63 bits per heavy atom. The number of rotatable bonds is 5. The Morgan fingerprint density at radius 3 is 2.40 bits per heavy atom. The fraction of sp³-hybridized carbons (Fsp3) is 0.214. The van der Waals surface area contributed by atoms with Crippen molar-refractivity contribution in [3.8, 4) is 5.75 Å². The van der Waals surface area contributed by atoms with E-state index in [2.05, 4.69) is 41.1 Å². The van der Waals surface area contributed by atoms with Gasteiger partial charge < -0.3 is 14.5 Å². The monoisotopic (exact) mass is 487 g/mol. The number of benzene rings is 3. The standard InChI is InChI=1S/C28H26FN3O2S/c1-20-10-12-21(13-11-20)19-34-25-9-5-2-6-22(25)18-26-27(33)30-28(35-26)32-16-14-31(15-17-32)24-8-4-3-7-23(24)29/h2-13,18H,14-17,19H2,1H3.